The topological polar surface area (TPSA) is 35.5 Å². The van der Waals surface area contributed by atoms with Crippen LogP contribution in [-0.4, -0.2) is 25.4 Å². The fraction of sp³-hybridized carbons (Fsp3) is 0.188. The summed E-state index contributed by atoms with van der Waals surface area (Å²) in [5, 5.41) is 0. The molecular weight excluding hydrogens is 295 g/mol. The van der Waals surface area contributed by atoms with Crippen molar-refractivity contribution in [2.75, 3.05) is 19.6 Å². The molecule has 0 amide bonds. The van der Waals surface area contributed by atoms with E-state index < -0.39 is 5.82 Å². The highest BCUT2D eigenvalue weighted by Gasteiger charge is 2.12. The number of methoxy groups -OCH3 is 1. The van der Waals surface area contributed by atoms with Crippen LogP contribution in [0, 0.1) is 5.82 Å². The summed E-state index contributed by atoms with van der Waals surface area (Å²) in [4.78, 5) is 12.3. The number of ether oxygens (including phenoxy) is 2. The van der Waals surface area contributed by atoms with Gasteiger partial charge >= 0.3 is 0 Å². The second-order valence-electron chi connectivity index (χ2n) is 4.24. The fourth-order valence-corrected chi connectivity index (χ4v) is 1.91. The van der Waals surface area contributed by atoms with E-state index in [9.17, 15) is 9.18 Å². The highest BCUT2D eigenvalue weighted by Crippen LogP contribution is 2.21. The Hall–Kier alpha value is -2.07. The van der Waals surface area contributed by atoms with Crippen molar-refractivity contribution >= 4 is 17.4 Å². The van der Waals surface area contributed by atoms with Gasteiger partial charge in [-0.25, -0.2) is 4.39 Å². The standard InChI is InChI=1S/C16H14ClFO3/c1-20-15-7-4-12(10-14(15)18)16(19)11-2-5-13(6-3-11)21-9-8-17/h2-7,10H,8-9H2,1H3. The molecule has 0 bridgehead atoms. The van der Waals surface area contributed by atoms with E-state index in [0.29, 0.717) is 23.8 Å². The summed E-state index contributed by atoms with van der Waals surface area (Å²) >= 11 is 5.53. The van der Waals surface area contributed by atoms with Gasteiger partial charge in [0.2, 0.25) is 0 Å². The lowest BCUT2D eigenvalue weighted by molar-refractivity contribution is 0.103. The molecule has 0 aliphatic rings. The Morgan fingerprint density at radius 2 is 1.81 bits per heavy atom. The van der Waals surface area contributed by atoms with Crippen LogP contribution < -0.4 is 9.47 Å². The molecule has 0 spiro atoms. The first-order valence-electron chi connectivity index (χ1n) is 6.32. The van der Waals surface area contributed by atoms with E-state index in [1.165, 1.54) is 25.3 Å². The van der Waals surface area contributed by atoms with E-state index >= 15 is 0 Å². The molecule has 0 unspecified atom stereocenters. The number of rotatable bonds is 6. The molecule has 0 saturated heterocycles. The average molecular weight is 309 g/mol. The van der Waals surface area contributed by atoms with E-state index in [2.05, 4.69) is 0 Å². The summed E-state index contributed by atoms with van der Waals surface area (Å²) < 4.78 is 23.8. The number of carbonyl (C=O) groups excluding carboxylic acids is 1. The molecular formula is C16H14ClFO3. The molecule has 110 valence electrons. The third-order valence-electron chi connectivity index (χ3n) is 2.88. The van der Waals surface area contributed by atoms with Crippen molar-refractivity contribution in [2.24, 2.45) is 0 Å². The Morgan fingerprint density at radius 3 is 2.38 bits per heavy atom. The van der Waals surface area contributed by atoms with Crippen LogP contribution in [-0.2, 0) is 0 Å². The lowest BCUT2D eigenvalue weighted by atomic mass is 10.0. The summed E-state index contributed by atoms with van der Waals surface area (Å²) in [6.45, 7) is 0.401. The number of ketones is 1. The molecule has 0 aliphatic heterocycles. The molecule has 2 aromatic rings. The Kier molecular flexibility index (Phi) is 5.17. The van der Waals surface area contributed by atoms with Gasteiger partial charge in [-0.1, -0.05) is 0 Å². The minimum Gasteiger partial charge on any atom is -0.494 e. The zero-order chi connectivity index (χ0) is 15.2. The Bertz CT molecular complexity index is 626. The van der Waals surface area contributed by atoms with Crippen molar-refractivity contribution in [3.63, 3.8) is 0 Å². The molecule has 2 aromatic carbocycles. The largest absolute Gasteiger partial charge is 0.494 e. The Balaban J connectivity index is 2.17. The van der Waals surface area contributed by atoms with Crippen molar-refractivity contribution in [1.82, 2.24) is 0 Å². The molecule has 0 fully saturated rings. The lowest BCUT2D eigenvalue weighted by Crippen LogP contribution is -2.03. The van der Waals surface area contributed by atoms with E-state index in [-0.39, 0.29) is 17.1 Å². The zero-order valence-electron chi connectivity index (χ0n) is 11.4. The molecule has 21 heavy (non-hydrogen) atoms. The molecule has 0 aliphatic carbocycles. The smallest absolute Gasteiger partial charge is 0.193 e. The van der Waals surface area contributed by atoms with Crippen LogP contribution in [0.5, 0.6) is 11.5 Å². The molecule has 3 nitrogen and oxygen atoms in total. The summed E-state index contributed by atoms with van der Waals surface area (Å²) in [6.07, 6.45) is 0. The second kappa shape index (κ2) is 7.09. The van der Waals surface area contributed by atoms with Crippen molar-refractivity contribution in [3.05, 3.63) is 59.4 Å². The summed E-state index contributed by atoms with van der Waals surface area (Å²) in [7, 11) is 1.37. The van der Waals surface area contributed by atoms with Gasteiger partial charge in [-0.15, -0.1) is 11.6 Å². The normalized spacial score (nSPS) is 10.2. The van der Waals surface area contributed by atoms with E-state index in [1.807, 2.05) is 0 Å². The first-order valence-corrected chi connectivity index (χ1v) is 6.86. The third kappa shape index (κ3) is 3.73. The van der Waals surface area contributed by atoms with Gasteiger partial charge in [-0.3, -0.25) is 4.79 Å². The van der Waals surface area contributed by atoms with Gasteiger partial charge in [0.05, 0.1) is 13.0 Å². The average Bonchev–Trinajstić information content (AvgIpc) is 2.52. The molecule has 0 atom stereocenters. The summed E-state index contributed by atoms with van der Waals surface area (Å²) in [6, 6.07) is 10.8. The van der Waals surface area contributed by atoms with Crippen LogP contribution in [0.25, 0.3) is 0 Å². The minimum absolute atomic E-state index is 0.108. The Labute approximate surface area is 127 Å². The maximum absolute atomic E-state index is 13.6. The van der Waals surface area contributed by atoms with Gasteiger partial charge in [0, 0.05) is 11.1 Å². The van der Waals surface area contributed by atoms with Crippen LogP contribution in [0.4, 0.5) is 4.39 Å². The number of halogens is 2. The predicted molar refractivity (Wildman–Crippen MR) is 79.0 cm³/mol. The van der Waals surface area contributed by atoms with Gasteiger partial charge in [0.1, 0.15) is 12.4 Å². The first kappa shape index (κ1) is 15.3. The summed E-state index contributed by atoms with van der Waals surface area (Å²) in [5.74, 6) is 0.307. The van der Waals surface area contributed by atoms with Crippen molar-refractivity contribution in [2.45, 2.75) is 0 Å². The monoisotopic (exact) mass is 308 g/mol. The van der Waals surface area contributed by atoms with Crippen LogP contribution in [0.3, 0.4) is 0 Å². The molecule has 0 saturated carbocycles. The number of benzene rings is 2. The predicted octanol–water partition coefficient (Wildman–Crippen LogP) is 3.68. The van der Waals surface area contributed by atoms with Crippen LogP contribution in [0.15, 0.2) is 42.5 Å². The van der Waals surface area contributed by atoms with Crippen molar-refractivity contribution in [1.29, 1.82) is 0 Å². The van der Waals surface area contributed by atoms with E-state index in [4.69, 9.17) is 21.1 Å². The van der Waals surface area contributed by atoms with Crippen LogP contribution >= 0.6 is 11.6 Å². The highest BCUT2D eigenvalue weighted by molar-refractivity contribution is 6.18. The molecule has 5 heteroatoms. The van der Waals surface area contributed by atoms with Gasteiger partial charge in [-0.2, -0.15) is 0 Å². The molecule has 0 heterocycles. The number of hydrogen-bond acceptors (Lipinski definition) is 3. The Morgan fingerprint density at radius 1 is 1.14 bits per heavy atom. The maximum atomic E-state index is 13.6. The SMILES string of the molecule is COc1ccc(C(=O)c2ccc(OCCCl)cc2)cc1F. The van der Waals surface area contributed by atoms with Gasteiger partial charge in [0.15, 0.2) is 17.3 Å². The number of hydrogen-bond donors (Lipinski definition) is 0. The summed E-state index contributed by atoms with van der Waals surface area (Å²) in [5.41, 5.74) is 0.723. The fourth-order valence-electron chi connectivity index (χ4n) is 1.83. The maximum Gasteiger partial charge on any atom is 0.193 e. The van der Waals surface area contributed by atoms with E-state index in [1.54, 1.807) is 24.3 Å². The zero-order valence-corrected chi connectivity index (χ0v) is 12.2. The molecule has 0 N–H and O–H groups in total. The van der Waals surface area contributed by atoms with E-state index in [0.717, 1.165) is 0 Å². The second-order valence-corrected chi connectivity index (χ2v) is 4.62. The third-order valence-corrected chi connectivity index (χ3v) is 3.03. The van der Waals surface area contributed by atoms with Crippen molar-refractivity contribution < 1.29 is 18.7 Å². The number of carbonyl (C=O) groups is 1. The van der Waals surface area contributed by atoms with Crippen molar-refractivity contribution in [3.8, 4) is 11.5 Å². The quantitative estimate of drug-likeness (QED) is 0.603. The lowest BCUT2D eigenvalue weighted by Gasteiger charge is -2.06. The molecule has 0 aromatic heterocycles. The highest BCUT2D eigenvalue weighted by atomic mass is 35.5. The molecule has 2 rings (SSSR count). The van der Waals surface area contributed by atoms with Gasteiger partial charge in [-0.05, 0) is 42.5 Å². The van der Waals surface area contributed by atoms with Crippen LogP contribution in [0.1, 0.15) is 15.9 Å². The number of alkyl halides is 1. The molecule has 0 radical (unpaired) electrons. The first-order chi connectivity index (χ1) is 10.2. The van der Waals surface area contributed by atoms with Gasteiger partial charge in [0.25, 0.3) is 0 Å². The van der Waals surface area contributed by atoms with Crippen LogP contribution in [0.2, 0.25) is 0 Å². The minimum atomic E-state index is -0.564. The van der Waals surface area contributed by atoms with Gasteiger partial charge < -0.3 is 9.47 Å².